The van der Waals surface area contributed by atoms with E-state index >= 15 is 0 Å². The molecule has 0 saturated carbocycles. The molecule has 2 aromatic rings. The number of hydrogen-bond donors (Lipinski definition) is 0. The van der Waals surface area contributed by atoms with Gasteiger partial charge >= 0.3 is 0 Å². The summed E-state index contributed by atoms with van der Waals surface area (Å²) in [5.41, 5.74) is 3.73. The summed E-state index contributed by atoms with van der Waals surface area (Å²) in [5.74, 6) is 0. The van der Waals surface area contributed by atoms with Crippen molar-refractivity contribution in [2.75, 3.05) is 0 Å². The van der Waals surface area contributed by atoms with Crippen LogP contribution in [0.15, 0.2) is 47.4 Å². The molecule has 3 heteroatoms. The lowest BCUT2D eigenvalue weighted by Crippen LogP contribution is -1.82. The maximum atomic E-state index is 9.22. The van der Waals surface area contributed by atoms with E-state index < -0.39 is 0 Å². The van der Waals surface area contributed by atoms with Crippen LogP contribution in [0.3, 0.4) is 0 Å². The first-order valence-corrected chi connectivity index (χ1v) is 6.84. The highest BCUT2D eigenvalue weighted by atomic mass is 32.1. The standard InChI is InChI=1S/C16H14N2S/c1-12(8-14-6-4-3-5-7-14)9-15(10-17)16-18-13(2)11-19-16/h3-9,11H,1-2H3/b12-8+,15-9+. The zero-order valence-electron chi connectivity index (χ0n) is 10.9. The first kappa shape index (κ1) is 13.3. The number of thiazole rings is 1. The third-order valence-electron chi connectivity index (χ3n) is 2.54. The molecule has 2 rings (SSSR count). The molecule has 0 unspecified atom stereocenters. The molecule has 0 fully saturated rings. The minimum absolute atomic E-state index is 0.614. The molecule has 19 heavy (non-hydrogen) atoms. The van der Waals surface area contributed by atoms with E-state index in [0.29, 0.717) is 5.57 Å². The summed E-state index contributed by atoms with van der Waals surface area (Å²) >= 11 is 1.50. The summed E-state index contributed by atoms with van der Waals surface area (Å²) in [6, 6.07) is 12.3. The first-order valence-electron chi connectivity index (χ1n) is 5.96. The van der Waals surface area contributed by atoms with E-state index in [1.165, 1.54) is 11.3 Å². The fraction of sp³-hybridized carbons (Fsp3) is 0.125. The van der Waals surface area contributed by atoms with Gasteiger partial charge in [-0.05, 0) is 31.1 Å². The van der Waals surface area contributed by atoms with Crippen LogP contribution in [0.25, 0.3) is 11.6 Å². The summed E-state index contributed by atoms with van der Waals surface area (Å²) in [7, 11) is 0. The van der Waals surface area contributed by atoms with Gasteiger partial charge in [-0.25, -0.2) is 4.98 Å². The third-order valence-corrected chi connectivity index (χ3v) is 3.53. The van der Waals surface area contributed by atoms with Gasteiger partial charge in [0.05, 0.1) is 5.57 Å². The molecule has 1 aromatic carbocycles. The molecule has 0 aliphatic rings. The van der Waals surface area contributed by atoms with E-state index in [9.17, 15) is 5.26 Å². The molecule has 0 atom stereocenters. The van der Waals surface area contributed by atoms with Gasteiger partial charge in [-0.1, -0.05) is 36.4 Å². The van der Waals surface area contributed by atoms with Crippen molar-refractivity contribution < 1.29 is 0 Å². The highest BCUT2D eigenvalue weighted by molar-refractivity contribution is 7.10. The van der Waals surface area contributed by atoms with E-state index in [1.54, 1.807) is 0 Å². The number of nitrogens with zero attached hydrogens (tertiary/aromatic N) is 2. The minimum Gasteiger partial charge on any atom is -0.241 e. The van der Waals surface area contributed by atoms with Crippen LogP contribution < -0.4 is 0 Å². The van der Waals surface area contributed by atoms with Crippen molar-refractivity contribution in [3.63, 3.8) is 0 Å². The van der Waals surface area contributed by atoms with Crippen LogP contribution in [0.5, 0.6) is 0 Å². The summed E-state index contributed by atoms with van der Waals surface area (Å²) in [6.45, 7) is 3.92. The molecular weight excluding hydrogens is 252 g/mol. The second kappa shape index (κ2) is 6.12. The smallest absolute Gasteiger partial charge is 0.134 e. The Balaban J connectivity index is 2.29. The second-order valence-electron chi connectivity index (χ2n) is 4.26. The molecule has 0 amide bonds. The highest BCUT2D eigenvalue weighted by Gasteiger charge is 2.05. The molecule has 0 saturated heterocycles. The van der Waals surface area contributed by atoms with Crippen LogP contribution in [0.1, 0.15) is 23.2 Å². The molecule has 0 bridgehead atoms. The summed E-state index contributed by atoms with van der Waals surface area (Å²) in [5, 5.41) is 12.0. The second-order valence-corrected chi connectivity index (χ2v) is 5.12. The van der Waals surface area contributed by atoms with Crippen LogP contribution in [0.4, 0.5) is 0 Å². The topological polar surface area (TPSA) is 36.7 Å². The normalized spacial score (nSPS) is 12.3. The lowest BCUT2D eigenvalue weighted by molar-refractivity contribution is 1.24. The zero-order chi connectivity index (χ0) is 13.7. The Morgan fingerprint density at radius 1 is 1.32 bits per heavy atom. The lowest BCUT2D eigenvalue weighted by atomic mass is 10.1. The Hall–Kier alpha value is -2.18. The molecule has 94 valence electrons. The Morgan fingerprint density at radius 2 is 2.05 bits per heavy atom. The fourth-order valence-electron chi connectivity index (χ4n) is 1.70. The Kier molecular flexibility index (Phi) is 4.27. The summed E-state index contributed by atoms with van der Waals surface area (Å²) in [4.78, 5) is 4.34. The average molecular weight is 266 g/mol. The van der Waals surface area contributed by atoms with Gasteiger partial charge in [0.15, 0.2) is 0 Å². The van der Waals surface area contributed by atoms with Crippen LogP contribution >= 0.6 is 11.3 Å². The zero-order valence-corrected chi connectivity index (χ0v) is 11.7. The van der Waals surface area contributed by atoms with Gasteiger partial charge in [0, 0.05) is 11.1 Å². The van der Waals surface area contributed by atoms with E-state index in [4.69, 9.17) is 0 Å². The van der Waals surface area contributed by atoms with E-state index in [0.717, 1.165) is 21.8 Å². The van der Waals surface area contributed by atoms with Gasteiger partial charge in [0.25, 0.3) is 0 Å². The minimum atomic E-state index is 0.614. The molecule has 0 spiro atoms. The molecule has 0 aliphatic carbocycles. The lowest BCUT2D eigenvalue weighted by Gasteiger charge is -1.97. The van der Waals surface area contributed by atoms with Gasteiger partial charge < -0.3 is 0 Å². The van der Waals surface area contributed by atoms with Crippen molar-refractivity contribution >= 4 is 23.0 Å². The molecule has 1 aromatic heterocycles. The SMILES string of the molecule is CC(=C\c1ccccc1)/C=C(\C#N)c1nc(C)cs1. The van der Waals surface area contributed by atoms with Crippen molar-refractivity contribution in [1.29, 1.82) is 5.26 Å². The van der Waals surface area contributed by atoms with Crippen LogP contribution in [0, 0.1) is 18.3 Å². The van der Waals surface area contributed by atoms with Crippen molar-refractivity contribution in [3.8, 4) is 6.07 Å². The molecule has 0 radical (unpaired) electrons. The average Bonchev–Trinajstić information content (AvgIpc) is 2.83. The number of allylic oxidation sites excluding steroid dienone is 3. The van der Waals surface area contributed by atoms with Crippen molar-refractivity contribution in [2.24, 2.45) is 0 Å². The number of aryl methyl sites for hydroxylation is 1. The largest absolute Gasteiger partial charge is 0.241 e. The number of aromatic nitrogens is 1. The number of nitriles is 1. The maximum absolute atomic E-state index is 9.22. The molecule has 2 nitrogen and oxygen atoms in total. The quantitative estimate of drug-likeness (QED) is 0.607. The van der Waals surface area contributed by atoms with Gasteiger partial charge in [-0.15, -0.1) is 11.3 Å². The third kappa shape index (κ3) is 3.64. The molecule has 0 aliphatic heterocycles. The van der Waals surface area contributed by atoms with Gasteiger partial charge in [0.1, 0.15) is 11.1 Å². The van der Waals surface area contributed by atoms with E-state index in [2.05, 4.69) is 17.1 Å². The predicted octanol–water partition coefficient (Wildman–Crippen LogP) is 4.46. The van der Waals surface area contributed by atoms with Crippen molar-refractivity contribution in [3.05, 3.63) is 63.6 Å². The summed E-state index contributed by atoms with van der Waals surface area (Å²) in [6.07, 6.45) is 3.93. The van der Waals surface area contributed by atoms with Crippen LogP contribution in [-0.2, 0) is 0 Å². The number of benzene rings is 1. The maximum Gasteiger partial charge on any atom is 0.134 e. The Bertz CT molecular complexity index is 658. The fourth-order valence-corrected chi connectivity index (χ4v) is 2.46. The molecular formula is C16H14N2S. The number of hydrogen-bond acceptors (Lipinski definition) is 3. The van der Waals surface area contributed by atoms with Gasteiger partial charge in [-0.3, -0.25) is 0 Å². The van der Waals surface area contributed by atoms with Crippen molar-refractivity contribution in [1.82, 2.24) is 4.98 Å². The van der Waals surface area contributed by atoms with Crippen LogP contribution in [-0.4, -0.2) is 4.98 Å². The van der Waals surface area contributed by atoms with Crippen LogP contribution in [0.2, 0.25) is 0 Å². The predicted molar refractivity (Wildman–Crippen MR) is 80.5 cm³/mol. The van der Waals surface area contributed by atoms with Gasteiger partial charge in [-0.2, -0.15) is 5.26 Å². The van der Waals surface area contributed by atoms with Gasteiger partial charge in [0.2, 0.25) is 0 Å². The van der Waals surface area contributed by atoms with Crippen molar-refractivity contribution in [2.45, 2.75) is 13.8 Å². The molecule has 0 N–H and O–H groups in total. The summed E-state index contributed by atoms with van der Waals surface area (Å²) < 4.78 is 0. The monoisotopic (exact) mass is 266 g/mol. The van der Waals surface area contributed by atoms with E-state index in [-0.39, 0.29) is 0 Å². The Morgan fingerprint density at radius 3 is 2.63 bits per heavy atom. The molecule has 1 heterocycles. The first-order chi connectivity index (χ1) is 9.19. The number of rotatable bonds is 3. The van der Waals surface area contributed by atoms with E-state index in [1.807, 2.05) is 55.6 Å². The Labute approximate surface area is 117 Å². The highest BCUT2D eigenvalue weighted by Crippen LogP contribution is 2.20.